The third-order valence-corrected chi connectivity index (χ3v) is 10.4. The van der Waals surface area contributed by atoms with Gasteiger partial charge in [-0.05, 0) is 29.2 Å². The highest BCUT2D eigenvalue weighted by Gasteiger charge is 2.60. The van der Waals surface area contributed by atoms with E-state index in [2.05, 4.69) is 20.8 Å². The molecule has 0 saturated carbocycles. The Kier molecular flexibility index (Phi) is 6.95. The number of tetrazole rings is 1. The zero-order chi connectivity index (χ0) is 28.3. The minimum Gasteiger partial charge on any atom is -0.477 e. The van der Waals surface area contributed by atoms with Crippen LogP contribution >= 0.6 is 11.8 Å². The van der Waals surface area contributed by atoms with Crippen molar-refractivity contribution >= 4 is 35.3 Å². The number of amides is 2. The highest BCUT2D eigenvalue weighted by atomic mass is 32.2. The van der Waals surface area contributed by atoms with Gasteiger partial charge in [-0.3, -0.25) is 14.4 Å². The molecule has 6 heterocycles. The van der Waals surface area contributed by atoms with Gasteiger partial charge in [-0.1, -0.05) is 13.8 Å². The van der Waals surface area contributed by atoms with Gasteiger partial charge >= 0.3 is 5.97 Å². The first-order valence-electron chi connectivity index (χ1n) is 13.7. The third-order valence-electron chi connectivity index (χ3n) is 8.87. The number of carbonyl (C=O) groups excluding carboxylic acids is 3. The lowest BCUT2D eigenvalue weighted by atomic mass is 9.73. The van der Waals surface area contributed by atoms with Gasteiger partial charge in [-0.15, -0.1) is 16.9 Å². The molecule has 0 radical (unpaired) electrons. The number of fused-ring (bicyclic) bond motifs is 1. The van der Waals surface area contributed by atoms with Gasteiger partial charge in [0.25, 0.3) is 0 Å². The molecule has 4 fully saturated rings. The summed E-state index contributed by atoms with van der Waals surface area (Å²) >= 11 is 1.45. The maximum absolute atomic E-state index is 13.2. The zero-order valence-corrected chi connectivity index (χ0v) is 23.2. The van der Waals surface area contributed by atoms with Gasteiger partial charge in [0.05, 0.1) is 37.7 Å². The van der Waals surface area contributed by atoms with E-state index in [0.717, 1.165) is 6.42 Å². The number of likely N-dealkylation sites (tertiary alicyclic amines) is 1. The number of hydrogen-bond donors (Lipinski definition) is 3. The molecular formula is C25H34N8O6S. The van der Waals surface area contributed by atoms with Gasteiger partial charge in [-0.25, -0.2) is 9.48 Å². The van der Waals surface area contributed by atoms with Gasteiger partial charge < -0.3 is 30.7 Å². The fourth-order valence-corrected chi connectivity index (χ4v) is 8.52. The van der Waals surface area contributed by atoms with Crippen LogP contribution in [0.4, 0.5) is 0 Å². The largest absolute Gasteiger partial charge is 0.477 e. The average Bonchev–Trinajstić information content (AvgIpc) is 3.66. The Morgan fingerprint density at radius 2 is 2.12 bits per heavy atom. The molecular weight excluding hydrogens is 540 g/mol. The van der Waals surface area contributed by atoms with Crippen molar-refractivity contribution in [3.05, 3.63) is 16.9 Å². The molecule has 2 amide bonds. The topological polar surface area (TPSA) is 186 Å². The lowest BCUT2D eigenvalue weighted by Crippen LogP contribution is -2.65. The summed E-state index contributed by atoms with van der Waals surface area (Å²) in [5.41, 5.74) is 5.71. The number of carboxylic acids is 1. The van der Waals surface area contributed by atoms with Crippen LogP contribution in [0.3, 0.4) is 0 Å². The monoisotopic (exact) mass is 574 g/mol. The standard InChI is InChI=1S/C25H34N8O6S/c1-12(3-15(34)7-32-11-28-29-30-32)18-19-13(2)21(20(24(37)38)33(19)23(18)36)40-16-4-17(27-6-16)22(35)31-9-25(10-31)5-14(26)8-39-25/h11-14,16-19,27H,3-10,26H2,1-2H3,(H,37,38)/t12-,13+,14?,16-,17?,18+,19+/m0/s1. The van der Waals surface area contributed by atoms with Crippen molar-refractivity contribution in [1.82, 2.24) is 35.3 Å². The number of aromatic nitrogens is 4. The number of hydrogen-bond acceptors (Lipinski definition) is 11. The smallest absolute Gasteiger partial charge is 0.353 e. The predicted molar refractivity (Wildman–Crippen MR) is 140 cm³/mol. The molecule has 40 heavy (non-hydrogen) atoms. The van der Waals surface area contributed by atoms with Crippen molar-refractivity contribution in [3.63, 3.8) is 0 Å². The molecule has 0 bridgehead atoms. The molecule has 4 saturated heterocycles. The van der Waals surface area contributed by atoms with Crippen LogP contribution in [0.15, 0.2) is 16.9 Å². The highest BCUT2D eigenvalue weighted by molar-refractivity contribution is 8.03. The molecule has 0 aliphatic carbocycles. The summed E-state index contributed by atoms with van der Waals surface area (Å²) in [5, 5.41) is 24.1. The number of carbonyl (C=O) groups is 4. The van der Waals surface area contributed by atoms with Crippen molar-refractivity contribution in [2.24, 2.45) is 23.5 Å². The van der Waals surface area contributed by atoms with Crippen molar-refractivity contribution in [2.75, 3.05) is 26.2 Å². The number of nitrogens with two attached hydrogens (primary N) is 1. The first kappa shape index (κ1) is 27.3. The predicted octanol–water partition coefficient (Wildman–Crippen LogP) is -1.17. The van der Waals surface area contributed by atoms with Crippen LogP contribution in [-0.2, 0) is 30.5 Å². The number of Topliss-reactive ketones (excluding diaryl/α,β-unsaturated/α-hetero) is 1. The van der Waals surface area contributed by atoms with Crippen LogP contribution in [0.2, 0.25) is 0 Å². The van der Waals surface area contributed by atoms with Crippen LogP contribution in [0.5, 0.6) is 0 Å². The lowest BCUT2D eigenvalue weighted by Gasteiger charge is -2.47. The van der Waals surface area contributed by atoms with E-state index in [1.54, 1.807) is 4.90 Å². The Balaban J connectivity index is 1.07. The molecule has 216 valence electrons. The van der Waals surface area contributed by atoms with Crippen molar-refractivity contribution in [1.29, 1.82) is 0 Å². The van der Waals surface area contributed by atoms with Crippen LogP contribution < -0.4 is 11.1 Å². The molecule has 4 N–H and O–H groups in total. The summed E-state index contributed by atoms with van der Waals surface area (Å²) in [6, 6.07) is -0.627. The molecule has 0 aromatic carbocycles. The Labute approximate surface area is 235 Å². The normalized spacial score (nSPS) is 33.2. The fourth-order valence-electron chi connectivity index (χ4n) is 7.04. The molecule has 15 heteroatoms. The number of thioether (sulfide) groups is 1. The Morgan fingerprint density at radius 1 is 1.35 bits per heavy atom. The molecule has 6 rings (SSSR count). The summed E-state index contributed by atoms with van der Waals surface area (Å²) in [4.78, 5) is 55.0. The minimum atomic E-state index is -1.13. The molecule has 5 aliphatic heterocycles. The average molecular weight is 575 g/mol. The second-order valence-electron chi connectivity index (χ2n) is 11.8. The molecule has 2 unspecified atom stereocenters. The van der Waals surface area contributed by atoms with E-state index in [0.29, 0.717) is 37.6 Å². The number of ketones is 1. The summed E-state index contributed by atoms with van der Waals surface area (Å²) in [6.45, 7) is 6.02. The molecule has 1 aromatic heterocycles. The maximum atomic E-state index is 13.2. The number of nitrogens with zero attached hydrogens (tertiary/aromatic N) is 6. The fraction of sp³-hybridized carbons (Fsp3) is 0.720. The van der Waals surface area contributed by atoms with E-state index in [1.807, 2.05) is 13.8 Å². The first-order chi connectivity index (χ1) is 19.1. The SMILES string of the molecule is C[C@@H](CC(=O)Cn1cnnn1)[C@H]1C(=O)N2C(C(=O)O)=C(S[C@@H]3CNC(C(=O)N4CC5(CC(N)CO5)C4)C3)[C@H](C)[C@H]12. The summed E-state index contributed by atoms with van der Waals surface area (Å²) in [7, 11) is 0. The van der Waals surface area contributed by atoms with Crippen LogP contribution in [0.1, 0.15) is 33.1 Å². The molecule has 7 atom stereocenters. The van der Waals surface area contributed by atoms with Gasteiger partial charge in [-0.2, -0.15) is 0 Å². The van der Waals surface area contributed by atoms with Crippen molar-refractivity contribution in [2.45, 2.75) is 68.6 Å². The molecule has 1 spiro atoms. The number of rotatable bonds is 9. The number of nitrogens with one attached hydrogen (secondary N) is 1. The van der Waals surface area contributed by atoms with E-state index in [1.165, 1.54) is 27.7 Å². The Bertz CT molecular complexity index is 1250. The second-order valence-corrected chi connectivity index (χ2v) is 13.2. The van der Waals surface area contributed by atoms with Gasteiger partial charge in [0.2, 0.25) is 11.8 Å². The molecule has 14 nitrogen and oxygen atoms in total. The zero-order valence-electron chi connectivity index (χ0n) is 22.4. The Morgan fingerprint density at radius 3 is 2.77 bits per heavy atom. The van der Waals surface area contributed by atoms with Crippen molar-refractivity contribution < 1.29 is 29.0 Å². The van der Waals surface area contributed by atoms with Gasteiger partial charge in [0.1, 0.15) is 24.2 Å². The number of β-lactam (4-membered cyclic amide) rings is 1. The lowest BCUT2D eigenvalue weighted by molar-refractivity contribution is -0.160. The first-order valence-corrected chi connectivity index (χ1v) is 14.6. The van der Waals surface area contributed by atoms with Crippen LogP contribution in [-0.4, -0.2) is 114 Å². The summed E-state index contributed by atoms with van der Waals surface area (Å²) < 4.78 is 7.17. The van der Waals surface area contributed by atoms with Crippen LogP contribution in [0, 0.1) is 17.8 Å². The van der Waals surface area contributed by atoms with E-state index in [9.17, 15) is 24.3 Å². The molecule has 1 aromatic rings. The third kappa shape index (κ3) is 4.62. The van der Waals surface area contributed by atoms with E-state index < -0.39 is 11.9 Å². The molecule has 5 aliphatic rings. The van der Waals surface area contributed by atoms with Gasteiger partial charge in [0, 0.05) is 35.1 Å². The Hall–Kier alpha value is -2.88. The highest BCUT2D eigenvalue weighted by Crippen LogP contribution is 2.53. The number of ether oxygens (including phenoxy) is 1. The van der Waals surface area contributed by atoms with E-state index in [-0.39, 0.29) is 77.1 Å². The summed E-state index contributed by atoms with van der Waals surface area (Å²) in [5.74, 6) is -2.35. The summed E-state index contributed by atoms with van der Waals surface area (Å²) in [6.07, 6.45) is 2.87. The second kappa shape index (κ2) is 10.2. The number of aliphatic carboxylic acids is 1. The van der Waals surface area contributed by atoms with Crippen LogP contribution in [0.25, 0.3) is 0 Å². The minimum absolute atomic E-state index is 0.00492. The quantitative estimate of drug-likeness (QED) is 0.301. The van der Waals surface area contributed by atoms with E-state index in [4.69, 9.17) is 10.5 Å². The number of carboxylic acid groups (broad SMARTS) is 1. The van der Waals surface area contributed by atoms with Gasteiger partial charge in [0.15, 0.2) is 5.78 Å². The van der Waals surface area contributed by atoms with E-state index >= 15 is 0 Å². The maximum Gasteiger partial charge on any atom is 0.353 e. The van der Waals surface area contributed by atoms with Crippen molar-refractivity contribution in [3.8, 4) is 0 Å².